The van der Waals surface area contributed by atoms with Crippen molar-refractivity contribution in [2.24, 2.45) is 0 Å². The summed E-state index contributed by atoms with van der Waals surface area (Å²) in [5.41, 5.74) is -0.696. The zero-order valence-corrected chi connectivity index (χ0v) is 9.99. The van der Waals surface area contributed by atoms with E-state index in [1.807, 2.05) is 5.32 Å². The third-order valence-electron chi connectivity index (χ3n) is 2.23. The Bertz CT molecular complexity index is 525. The van der Waals surface area contributed by atoms with Crippen LogP contribution in [-0.4, -0.2) is 34.9 Å². The predicted octanol–water partition coefficient (Wildman–Crippen LogP) is 1.06. The number of carboxylic acids is 1. The largest absolute Gasteiger partial charge is 0.479 e. The Kier molecular flexibility index (Phi) is 5.32. The number of aliphatic carboxylic acids is 1. The standard InChI is InChI=1S/C11H11F3N2O4/c12-5-3-6(13)9(14)7(4-5)16-11(20)15-2-1-8(17)10(18)19/h3-4,8,17H,1-2H2,(H,18,19)(H2,15,16,20). The van der Waals surface area contributed by atoms with Crippen molar-refractivity contribution in [1.82, 2.24) is 5.32 Å². The van der Waals surface area contributed by atoms with Crippen molar-refractivity contribution < 1.29 is 33.0 Å². The van der Waals surface area contributed by atoms with Gasteiger partial charge in [0.1, 0.15) is 5.82 Å². The minimum Gasteiger partial charge on any atom is -0.479 e. The van der Waals surface area contributed by atoms with Gasteiger partial charge >= 0.3 is 12.0 Å². The maximum Gasteiger partial charge on any atom is 0.332 e. The van der Waals surface area contributed by atoms with E-state index in [1.165, 1.54) is 0 Å². The first-order valence-electron chi connectivity index (χ1n) is 5.41. The molecule has 1 rings (SSSR count). The van der Waals surface area contributed by atoms with Crippen LogP contribution in [0.3, 0.4) is 0 Å². The normalized spacial score (nSPS) is 11.8. The number of carboxylic acid groups (broad SMARTS) is 1. The van der Waals surface area contributed by atoms with Gasteiger partial charge < -0.3 is 20.8 Å². The second-order valence-electron chi connectivity index (χ2n) is 3.77. The molecule has 0 bridgehead atoms. The second-order valence-corrected chi connectivity index (χ2v) is 3.77. The van der Waals surface area contributed by atoms with E-state index in [1.54, 1.807) is 0 Å². The van der Waals surface area contributed by atoms with Crippen LogP contribution in [0.25, 0.3) is 0 Å². The number of anilines is 1. The average molecular weight is 292 g/mol. The van der Waals surface area contributed by atoms with Gasteiger partial charge in [0.25, 0.3) is 0 Å². The SMILES string of the molecule is O=C(NCCC(O)C(=O)O)Nc1cc(F)cc(F)c1F. The first-order chi connectivity index (χ1) is 9.31. The van der Waals surface area contributed by atoms with Crippen molar-refractivity contribution in [3.05, 3.63) is 29.6 Å². The number of aliphatic hydroxyl groups is 1. The fourth-order valence-corrected chi connectivity index (χ4v) is 1.26. The molecule has 0 aliphatic rings. The summed E-state index contributed by atoms with van der Waals surface area (Å²) < 4.78 is 38.9. The molecule has 1 atom stereocenters. The first-order valence-corrected chi connectivity index (χ1v) is 5.41. The molecule has 0 spiro atoms. The highest BCUT2D eigenvalue weighted by Gasteiger charge is 2.15. The minimum absolute atomic E-state index is 0.223. The van der Waals surface area contributed by atoms with Gasteiger partial charge in [0.2, 0.25) is 0 Å². The fourth-order valence-electron chi connectivity index (χ4n) is 1.26. The van der Waals surface area contributed by atoms with Crippen LogP contribution >= 0.6 is 0 Å². The third kappa shape index (κ3) is 4.43. The number of amides is 2. The van der Waals surface area contributed by atoms with E-state index in [9.17, 15) is 22.8 Å². The summed E-state index contributed by atoms with van der Waals surface area (Å²) in [5, 5.41) is 21.2. The smallest absolute Gasteiger partial charge is 0.332 e. The maximum absolute atomic E-state index is 13.2. The third-order valence-corrected chi connectivity index (χ3v) is 2.23. The molecule has 6 nitrogen and oxygen atoms in total. The Morgan fingerprint density at radius 1 is 1.25 bits per heavy atom. The molecule has 2 amide bonds. The number of hydrogen-bond acceptors (Lipinski definition) is 3. The van der Waals surface area contributed by atoms with Gasteiger partial charge in [0.05, 0.1) is 5.69 Å². The Morgan fingerprint density at radius 3 is 2.50 bits per heavy atom. The molecular formula is C11H11F3N2O4. The number of hydrogen-bond donors (Lipinski definition) is 4. The summed E-state index contributed by atoms with van der Waals surface area (Å²) in [6.45, 7) is -0.223. The number of carbonyl (C=O) groups is 2. The second kappa shape index (κ2) is 6.75. The van der Waals surface area contributed by atoms with Crippen LogP contribution in [0, 0.1) is 17.5 Å². The molecule has 0 aliphatic heterocycles. The Morgan fingerprint density at radius 2 is 1.90 bits per heavy atom. The van der Waals surface area contributed by atoms with E-state index in [4.69, 9.17) is 10.2 Å². The highest BCUT2D eigenvalue weighted by molar-refractivity contribution is 5.89. The lowest BCUT2D eigenvalue weighted by Crippen LogP contribution is -2.33. The molecule has 4 N–H and O–H groups in total. The number of urea groups is 1. The Balaban J connectivity index is 2.53. The van der Waals surface area contributed by atoms with Crippen molar-refractivity contribution in [2.45, 2.75) is 12.5 Å². The highest BCUT2D eigenvalue weighted by atomic mass is 19.2. The lowest BCUT2D eigenvalue weighted by atomic mass is 10.2. The van der Waals surface area contributed by atoms with Crippen LogP contribution in [0.5, 0.6) is 0 Å². The van der Waals surface area contributed by atoms with Gasteiger partial charge in [-0.1, -0.05) is 0 Å². The molecule has 1 unspecified atom stereocenters. The summed E-state index contributed by atoms with van der Waals surface area (Å²) >= 11 is 0. The summed E-state index contributed by atoms with van der Waals surface area (Å²) in [6.07, 6.45) is -1.93. The van der Waals surface area contributed by atoms with Gasteiger partial charge in [0, 0.05) is 25.1 Å². The molecule has 0 saturated heterocycles. The quantitative estimate of drug-likeness (QED) is 0.610. The first kappa shape index (κ1) is 15.8. The monoisotopic (exact) mass is 292 g/mol. The molecule has 0 radical (unpaired) electrons. The van der Waals surface area contributed by atoms with Crippen molar-refractivity contribution >= 4 is 17.7 Å². The summed E-state index contributed by atoms with van der Waals surface area (Å²) in [5.74, 6) is -5.40. The van der Waals surface area contributed by atoms with Crippen molar-refractivity contribution in [3.8, 4) is 0 Å². The van der Waals surface area contributed by atoms with Gasteiger partial charge in [-0.2, -0.15) is 0 Å². The predicted molar refractivity (Wildman–Crippen MR) is 61.6 cm³/mol. The molecule has 0 saturated carbocycles. The van der Waals surface area contributed by atoms with Crippen LogP contribution in [0.2, 0.25) is 0 Å². The maximum atomic E-state index is 13.2. The van der Waals surface area contributed by atoms with E-state index >= 15 is 0 Å². The Labute approximate surface area is 111 Å². The van der Waals surface area contributed by atoms with Crippen LogP contribution < -0.4 is 10.6 Å². The van der Waals surface area contributed by atoms with Crippen LogP contribution in [0.1, 0.15) is 6.42 Å². The van der Waals surface area contributed by atoms with E-state index in [-0.39, 0.29) is 13.0 Å². The van der Waals surface area contributed by atoms with Gasteiger partial charge in [-0.05, 0) is 0 Å². The zero-order chi connectivity index (χ0) is 15.3. The molecule has 9 heteroatoms. The number of benzene rings is 1. The van der Waals surface area contributed by atoms with E-state index in [2.05, 4.69) is 5.32 Å². The average Bonchev–Trinajstić information content (AvgIpc) is 2.35. The lowest BCUT2D eigenvalue weighted by Gasteiger charge is -2.10. The number of carbonyl (C=O) groups excluding carboxylic acids is 1. The molecule has 0 aliphatic carbocycles. The Hall–Kier alpha value is -2.29. The summed E-state index contributed by atoms with van der Waals surface area (Å²) in [6, 6.07) is -0.0855. The van der Waals surface area contributed by atoms with Gasteiger partial charge in [-0.15, -0.1) is 0 Å². The molecule has 1 aromatic rings. The van der Waals surface area contributed by atoms with Gasteiger partial charge in [-0.3, -0.25) is 0 Å². The molecule has 0 fully saturated rings. The van der Waals surface area contributed by atoms with Crippen molar-refractivity contribution in [2.75, 3.05) is 11.9 Å². The van der Waals surface area contributed by atoms with Gasteiger partial charge in [-0.25, -0.2) is 22.8 Å². The fraction of sp³-hybridized carbons (Fsp3) is 0.273. The summed E-state index contributed by atoms with van der Waals surface area (Å²) in [4.78, 5) is 21.6. The molecule has 0 aromatic heterocycles. The zero-order valence-electron chi connectivity index (χ0n) is 9.99. The number of halogens is 3. The van der Waals surface area contributed by atoms with Crippen molar-refractivity contribution in [1.29, 1.82) is 0 Å². The molecule has 20 heavy (non-hydrogen) atoms. The molecular weight excluding hydrogens is 281 g/mol. The van der Waals surface area contributed by atoms with Crippen LogP contribution in [0.15, 0.2) is 12.1 Å². The highest BCUT2D eigenvalue weighted by Crippen LogP contribution is 2.18. The van der Waals surface area contributed by atoms with Crippen molar-refractivity contribution in [3.63, 3.8) is 0 Å². The number of aliphatic hydroxyl groups excluding tert-OH is 1. The van der Waals surface area contributed by atoms with Gasteiger partial charge in [0.15, 0.2) is 17.7 Å². The summed E-state index contributed by atoms with van der Waals surface area (Å²) in [7, 11) is 0. The number of rotatable bonds is 5. The lowest BCUT2D eigenvalue weighted by molar-refractivity contribution is -0.146. The molecule has 110 valence electrons. The van der Waals surface area contributed by atoms with E-state index < -0.39 is 41.2 Å². The number of nitrogens with one attached hydrogen (secondary N) is 2. The van der Waals surface area contributed by atoms with E-state index in [0.717, 1.165) is 0 Å². The van der Waals surface area contributed by atoms with Crippen LogP contribution in [-0.2, 0) is 4.79 Å². The molecule has 1 aromatic carbocycles. The topological polar surface area (TPSA) is 98.7 Å². The molecule has 0 heterocycles. The minimum atomic E-state index is -1.65. The van der Waals surface area contributed by atoms with E-state index in [0.29, 0.717) is 12.1 Å². The van der Waals surface area contributed by atoms with Crippen LogP contribution in [0.4, 0.5) is 23.7 Å².